The highest BCUT2D eigenvalue weighted by Crippen LogP contribution is 2.34. The van der Waals surface area contributed by atoms with Crippen LogP contribution in [0.5, 0.6) is 0 Å². The van der Waals surface area contributed by atoms with Gasteiger partial charge in [-0.1, -0.05) is 349 Å². The normalized spacial score (nSPS) is 13.0. The van der Waals surface area contributed by atoms with Crippen LogP contribution in [0.15, 0.2) is 164 Å². The van der Waals surface area contributed by atoms with Crippen LogP contribution in [-0.4, -0.2) is 119 Å². The standard InChI is InChI=1S/C19H33N.C18H30ClN.5C18H31N/c1-8-16-10-9-11-17(14-16)15-20(19(5,6)7)13-12-18(2,3)4;1-14-8-9-15(12-16(14)19)13-20(18(5,6)7)11-10-17(2,3)4;5*1-15-8-10-16(11-9-15)14-19(18(5,6)7)13-12-17(2,3)4/h9-11,14H,8,12-13,15H2,1-7H3;8-9,12H,10-11,13H2,1-7H3;5*8-11H,12-14H2,1-7H3. The van der Waals surface area contributed by atoms with Crippen molar-refractivity contribution in [3.8, 4) is 0 Å². The Morgan fingerprint density at radius 2 is 0.333 bits per heavy atom. The van der Waals surface area contributed by atoms with Crippen molar-refractivity contribution in [3.63, 3.8) is 0 Å². The summed E-state index contributed by atoms with van der Waals surface area (Å²) in [6.45, 7) is 127. The van der Waals surface area contributed by atoms with Gasteiger partial charge in [0.1, 0.15) is 0 Å². The first-order valence-corrected chi connectivity index (χ1v) is 52.7. The van der Waals surface area contributed by atoms with Gasteiger partial charge in [-0.05, 0) is 378 Å². The summed E-state index contributed by atoms with van der Waals surface area (Å²) < 4.78 is 0. The van der Waals surface area contributed by atoms with E-state index in [1.807, 2.05) is 6.92 Å². The van der Waals surface area contributed by atoms with Gasteiger partial charge >= 0.3 is 0 Å². The summed E-state index contributed by atoms with van der Waals surface area (Å²) in [6, 6.07) is 60.1. The number of hydrogen-bond donors (Lipinski definition) is 0. The van der Waals surface area contributed by atoms with Gasteiger partial charge in [0.15, 0.2) is 0 Å². The van der Waals surface area contributed by atoms with Crippen LogP contribution in [0, 0.1) is 79.4 Å². The van der Waals surface area contributed by atoms with E-state index in [0.717, 1.165) is 109 Å². The monoisotopic (exact) mass is 1880 g/mol. The Bertz CT molecular complexity index is 3850. The molecule has 135 heavy (non-hydrogen) atoms. The first-order chi connectivity index (χ1) is 61.0. The molecular weight excluding hydrogens is 1660 g/mol. The molecular formula is C127H218ClN7. The van der Waals surface area contributed by atoms with Crippen molar-refractivity contribution >= 4 is 11.6 Å². The Hall–Kier alpha value is -5.45. The predicted octanol–water partition coefficient (Wildman–Crippen LogP) is 36.1. The molecule has 0 aliphatic carbocycles. The second kappa shape index (κ2) is 55.8. The largest absolute Gasteiger partial charge is 0.294 e. The Kier molecular flexibility index (Phi) is 52.7. The zero-order valence-electron chi connectivity index (χ0n) is 98.2. The quantitative estimate of drug-likeness (QED) is 0.0460. The molecule has 0 aliphatic heterocycles. The molecule has 768 valence electrons. The minimum Gasteiger partial charge on any atom is -0.294 e. The number of rotatable bonds is 29. The van der Waals surface area contributed by atoms with Crippen molar-refractivity contribution in [2.75, 3.05) is 45.8 Å². The number of nitrogens with zero attached hydrogens (tertiary/aromatic N) is 7. The summed E-state index contributed by atoms with van der Waals surface area (Å²) in [4.78, 5) is 18.1. The molecule has 7 aromatic carbocycles. The van der Waals surface area contributed by atoms with Crippen LogP contribution in [0.1, 0.15) is 421 Å². The van der Waals surface area contributed by atoms with E-state index in [4.69, 9.17) is 11.6 Å². The third-order valence-electron chi connectivity index (χ3n) is 25.4. The first-order valence-electron chi connectivity index (χ1n) is 52.4. The van der Waals surface area contributed by atoms with Crippen LogP contribution in [-0.2, 0) is 52.2 Å². The van der Waals surface area contributed by atoms with Crippen LogP contribution in [0.25, 0.3) is 0 Å². The van der Waals surface area contributed by atoms with E-state index in [-0.39, 0.29) is 38.8 Å². The summed E-state index contributed by atoms with van der Waals surface area (Å²) in [7, 11) is 0. The maximum Gasteiger partial charge on any atom is 0.0438 e. The van der Waals surface area contributed by atoms with Crippen LogP contribution in [0.2, 0.25) is 5.02 Å². The van der Waals surface area contributed by atoms with Gasteiger partial charge < -0.3 is 0 Å². The molecule has 0 bridgehead atoms. The third-order valence-corrected chi connectivity index (χ3v) is 25.8. The Labute approximate surface area is 845 Å². The molecule has 0 spiro atoms. The molecule has 0 aromatic heterocycles. The average Bonchev–Trinajstić information content (AvgIpc) is 0.839. The molecule has 0 saturated heterocycles. The highest BCUT2D eigenvalue weighted by Gasteiger charge is 2.31. The van der Waals surface area contributed by atoms with E-state index in [1.54, 1.807) is 0 Å². The summed E-state index contributed by atoms with van der Waals surface area (Å²) >= 11 is 6.24. The van der Waals surface area contributed by atoms with Crippen molar-refractivity contribution in [1.29, 1.82) is 0 Å². The number of benzene rings is 7. The maximum atomic E-state index is 6.24. The maximum absolute atomic E-state index is 6.24. The van der Waals surface area contributed by atoms with Gasteiger partial charge in [0.25, 0.3) is 0 Å². The Balaban J connectivity index is 0.000000788. The molecule has 7 nitrogen and oxygen atoms in total. The average molecular weight is 1880 g/mol. The molecule has 0 atom stereocenters. The molecule has 0 radical (unpaired) electrons. The van der Waals surface area contributed by atoms with E-state index in [0.29, 0.717) is 37.9 Å². The second-order valence-electron chi connectivity index (χ2n) is 55.5. The molecule has 0 heterocycles. The fourth-order valence-corrected chi connectivity index (χ4v) is 14.7. The van der Waals surface area contributed by atoms with Crippen LogP contribution < -0.4 is 0 Å². The van der Waals surface area contributed by atoms with E-state index in [2.05, 4.69) is 530 Å². The topological polar surface area (TPSA) is 22.7 Å². The molecule has 7 rings (SSSR count). The lowest BCUT2D eigenvalue weighted by Crippen LogP contribution is -2.42. The third kappa shape index (κ3) is 62.5. The van der Waals surface area contributed by atoms with E-state index >= 15 is 0 Å². The fraction of sp³-hybridized carbons (Fsp3) is 0.669. The highest BCUT2D eigenvalue weighted by molar-refractivity contribution is 6.31. The number of hydrogen-bond acceptors (Lipinski definition) is 7. The number of aryl methyl sites for hydroxylation is 7. The highest BCUT2D eigenvalue weighted by atomic mass is 35.5. The number of halogens is 1. The van der Waals surface area contributed by atoms with Crippen molar-refractivity contribution in [2.24, 2.45) is 37.9 Å². The van der Waals surface area contributed by atoms with E-state index in [1.165, 1.54) is 117 Å². The minimum absolute atomic E-state index is 0.169. The Morgan fingerprint density at radius 3 is 0.481 bits per heavy atom. The molecule has 0 fully saturated rings. The molecule has 0 saturated carbocycles. The lowest BCUT2D eigenvalue weighted by atomic mass is 9.91. The van der Waals surface area contributed by atoms with Crippen molar-refractivity contribution < 1.29 is 0 Å². The van der Waals surface area contributed by atoms with Gasteiger partial charge in [0.05, 0.1) is 0 Å². The predicted molar refractivity (Wildman–Crippen MR) is 608 cm³/mol. The molecule has 0 N–H and O–H groups in total. The molecule has 8 heteroatoms. The minimum atomic E-state index is 0.169. The summed E-state index contributed by atoms with van der Waals surface area (Å²) in [5, 5.41) is 0.868. The van der Waals surface area contributed by atoms with Gasteiger partial charge in [0, 0.05) is 89.6 Å². The SMILES string of the molecule is CCc1cccc(CN(CCC(C)(C)C)C(C)(C)C)c1.Cc1ccc(CN(CCC(C)(C)C)C(C)(C)C)cc1.Cc1ccc(CN(CCC(C)(C)C)C(C)(C)C)cc1.Cc1ccc(CN(CCC(C)(C)C)C(C)(C)C)cc1.Cc1ccc(CN(CCC(C)(C)C)C(C)(C)C)cc1.Cc1ccc(CN(CCC(C)(C)C)C(C)(C)C)cc1.Cc1ccc(CN(CCC(C)(C)C)C(C)(C)C)cc1Cl. The van der Waals surface area contributed by atoms with E-state index in [9.17, 15) is 0 Å². The lowest BCUT2D eigenvalue weighted by Gasteiger charge is -2.37. The van der Waals surface area contributed by atoms with Crippen LogP contribution in [0.3, 0.4) is 0 Å². The first kappa shape index (κ1) is 128. The summed E-state index contributed by atoms with van der Waals surface area (Å²) in [6.07, 6.45) is 9.71. The summed E-state index contributed by atoms with van der Waals surface area (Å²) in [5.41, 5.74) is 23.3. The van der Waals surface area contributed by atoms with Crippen molar-refractivity contribution in [3.05, 3.63) is 247 Å². The van der Waals surface area contributed by atoms with Crippen molar-refractivity contribution in [2.45, 2.75) is 475 Å². The fourth-order valence-electron chi connectivity index (χ4n) is 14.5. The smallest absolute Gasteiger partial charge is 0.0438 e. The van der Waals surface area contributed by atoms with Crippen LogP contribution in [0.4, 0.5) is 0 Å². The van der Waals surface area contributed by atoms with Gasteiger partial charge in [0.2, 0.25) is 0 Å². The lowest BCUT2D eigenvalue weighted by molar-refractivity contribution is 0.110. The molecule has 7 aromatic rings. The van der Waals surface area contributed by atoms with Gasteiger partial charge in [-0.2, -0.15) is 0 Å². The van der Waals surface area contributed by atoms with Gasteiger partial charge in [-0.15, -0.1) is 0 Å². The Morgan fingerprint density at radius 1 is 0.185 bits per heavy atom. The van der Waals surface area contributed by atoms with Gasteiger partial charge in [-0.25, -0.2) is 0 Å². The molecule has 0 unspecified atom stereocenters. The van der Waals surface area contributed by atoms with Crippen molar-refractivity contribution in [1.82, 2.24) is 34.3 Å². The zero-order chi connectivity index (χ0) is 104. The van der Waals surface area contributed by atoms with Gasteiger partial charge in [-0.3, -0.25) is 34.3 Å². The molecule has 0 amide bonds. The zero-order valence-corrected chi connectivity index (χ0v) is 98.9. The molecule has 0 aliphatic rings. The second-order valence-corrected chi connectivity index (χ2v) is 55.9. The van der Waals surface area contributed by atoms with Crippen LogP contribution >= 0.6 is 11.6 Å². The van der Waals surface area contributed by atoms with E-state index < -0.39 is 0 Å². The summed E-state index contributed by atoms with van der Waals surface area (Å²) in [5.74, 6) is 0.